The van der Waals surface area contributed by atoms with E-state index in [2.05, 4.69) is 24.1 Å². The van der Waals surface area contributed by atoms with Crippen LogP contribution in [0.2, 0.25) is 0 Å². The van der Waals surface area contributed by atoms with Gasteiger partial charge in [-0.05, 0) is 56.4 Å². The maximum absolute atomic E-state index is 12.6. The third-order valence-corrected chi connectivity index (χ3v) is 6.99. The van der Waals surface area contributed by atoms with Crippen LogP contribution in [0.5, 0.6) is 5.75 Å². The number of fused-ring (bicyclic) bond motifs is 1. The lowest BCUT2D eigenvalue weighted by Gasteiger charge is -2.31. The summed E-state index contributed by atoms with van der Waals surface area (Å²) in [5, 5.41) is 8.78. The molecular weight excluding hydrogens is 410 g/mol. The van der Waals surface area contributed by atoms with Gasteiger partial charge >= 0.3 is 0 Å². The number of aryl methyl sites for hydroxylation is 1. The number of benzene rings is 1. The number of ether oxygens (including phenoxy) is 1. The van der Waals surface area contributed by atoms with Gasteiger partial charge in [-0.1, -0.05) is 25.2 Å². The van der Waals surface area contributed by atoms with Crippen LogP contribution in [-0.2, 0) is 4.79 Å². The Kier molecular flexibility index (Phi) is 6.46. The van der Waals surface area contributed by atoms with Crippen molar-refractivity contribution in [1.82, 2.24) is 20.1 Å². The van der Waals surface area contributed by atoms with Gasteiger partial charge < -0.3 is 15.0 Å². The van der Waals surface area contributed by atoms with Crippen molar-refractivity contribution in [3.8, 4) is 11.4 Å². The molecule has 1 aromatic carbocycles. The number of thiazole rings is 1. The molecule has 3 aromatic rings. The lowest BCUT2D eigenvalue weighted by molar-refractivity contribution is -0.125. The molecule has 0 unspecified atom stereocenters. The summed E-state index contributed by atoms with van der Waals surface area (Å²) in [5.41, 5.74) is 2.79. The Bertz CT molecular complexity index is 1040. The van der Waals surface area contributed by atoms with Crippen molar-refractivity contribution in [1.29, 1.82) is 0 Å². The van der Waals surface area contributed by atoms with E-state index in [0.29, 0.717) is 5.92 Å². The molecule has 0 bridgehead atoms. The Labute approximate surface area is 187 Å². The summed E-state index contributed by atoms with van der Waals surface area (Å²) in [7, 11) is 1.66. The number of hydrogen-bond acceptors (Lipinski definition) is 6. The molecule has 4 rings (SSSR count). The van der Waals surface area contributed by atoms with E-state index < -0.39 is 0 Å². The van der Waals surface area contributed by atoms with E-state index >= 15 is 0 Å². The van der Waals surface area contributed by atoms with Crippen LogP contribution in [-0.4, -0.2) is 47.4 Å². The molecule has 1 aliphatic rings. The minimum atomic E-state index is 0.0205. The first-order valence-electron chi connectivity index (χ1n) is 11.0. The summed E-state index contributed by atoms with van der Waals surface area (Å²) in [6.45, 7) is 8.78. The topological polar surface area (TPSA) is 72.3 Å². The Morgan fingerprint density at radius 2 is 2.10 bits per heavy atom. The number of rotatable bonds is 7. The Balaban J connectivity index is 1.52. The summed E-state index contributed by atoms with van der Waals surface area (Å²) >= 11 is 1.66. The highest BCUT2D eigenvalue weighted by atomic mass is 32.1. The van der Waals surface area contributed by atoms with Gasteiger partial charge in [-0.15, -0.1) is 0 Å². The van der Waals surface area contributed by atoms with E-state index in [9.17, 15) is 4.79 Å². The van der Waals surface area contributed by atoms with Crippen LogP contribution in [0, 0.1) is 18.8 Å². The molecule has 1 saturated heterocycles. The number of aromatic nitrogens is 3. The largest absolute Gasteiger partial charge is 0.497 e. The number of carbonyl (C=O) groups excluding carboxylic acids is 1. The highest BCUT2D eigenvalue weighted by Gasteiger charge is 2.28. The normalized spacial score (nSPS) is 16.8. The fraction of sp³-hybridized carbons (Fsp3) is 0.522. The molecule has 1 amide bonds. The quantitative estimate of drug-likeness (QED) is 0.596. The molecule has 0 spiro atoms. The molecule has 0 aliphatic carbocycles. The van der Waals surface area contributed by atoms with Crippen LogP contribution in [0.3, 0.4) is 0 Å². The van der Waals surface area contributed by atoms with Crippen molar-refractivity contribution < 1.29 is 9.53 Å². The second kappa shape index (κ2) is 9.26. The van der Waals surface area contributed by atoms with Crippen molar-refractivity contribution in [2.75, 3.05) is 31.6 Å². The summed E-state index contributed by atoms with van der Waals surface area (Å²) in [6.07, 6.45) is 2.95. The summed E-state index contributed by atoms with van der Waals surface area (Å²) in [6, 6.07) is 7.83. The van der Waals surface area contributed by atoms with Crippen molar-refractivity contribution >= 4 is 32.7 Å². The maximum atomic E-state index is 12.6. The van der Waals surface area contributed by atoms with Crippen LogP contribution in [0.1, 0.15) is 38.8 Å². The second-order valence-corrected chi connectivity index (χ2v) is 9.58. The third-order valence-electron chi connectivity index (χ3n) is 5.78. The molecule has 8 heteroatoms. The third kappa shape index (κ3) is 4.69. The molecule has 31 heavy (non-hydrogen) atoms. The average molecular weight is 442 g/mol. The standard InChI is InChI=1S/C23H31N5O2S/c1-15(2)11-12-24-22(29)17-6-5-13-27(14-17)23-25-21-20(31-23)16(3)26-28(21)18-7-9-19(30-4)10-8-18/h7-10,15,17H,5-6,11-14H2,1-4H3,(H,24,29)/t17-/m0/s1. The number of anilines is 1. The Morgan fingerprint density at radius 3 is 2.81 bits per heavy atom. The van der Waals surface area contributed by atoms with Gasteiger partial charge in [-0.25, -0.2) is 4.68 Å². The number of piperidine rings is 1. The predicted molar refractivity (Wildman–Crippen MR) is 125 cm³/mol. The van der Waals surface area contributed by atoms with Crippen LogP contribution < -0.4 is 15.0 Å². The molecule has 2 aromatic heterocycles. The zero-order valence-electron chi connectivity index (χ0n) is 18.7. The summed E-state index contributed by atoms with van der Waals surface area (Å²) in [5.74, 6) is 1.60. The first kappa shape index (κ1) is 21.6. The lowest BCUT2D eigenvalue weighted by atomic mass is 9.97. The minimum Gasteiger partial charge on any atom is -0.497 e. The van der Waals surface area contributed by atoms with E-state index in [-0.39, 0.29) is 11.8 Å². The van der Waals surface area contributed by atoms with Gasteiger partial charge in [0.15, 0.2) is 10.8 Å². The number of methoxy groups -OCH3 is 1. The number of nitrogens with one attached hydrogen (secondary N) is 1. The van der Waals surface area contributed by atoms with Crippen molar-refractivity contribution in [3.63, 3.8) is 0 Å². The lowest BCUT2D eigenvalue weighted by Crippen LogP contribution is -2.43. The molecular formula is C23H31N5O2S. The van der Waals surface area contributed by atoms with E-state index in [4.69, 9.17) is 14.8 Å². The van der Waals surface area contributed by atoms with Gasteiger partial charge in [0, 0.05) is 19.6 Å². The van der Waals surface area contributed by atoms with E-state index in [1.54, 1.807) is 18.4 Å². The molecule has 1 aliphatic heterocycles. The number of nitrogens with zero attached hydrogens (tertiary/aromatic N) is 4. The van der Waals surface area contributed by atoms with Gasteiger partial charge in [0.05, 0.1) is 29.1 Å². The summed E-state index contributed by atoms with van der Waals surface area (Å²) < 4.78 is 8.25. The molecule has 0 saturated carbocycles. The fourth-order valence-corrected chi connectivity index (χ4v) is 4.98. The van der Waals surface area contributed by atoms with E-state index in [0.717, 1.165) is 71.5 Å². The van der Waals surface area contributed by atoms with E-state index in [1.807, 2.05) is 35.9 Å². The van der Waals surface area contributed by atoms with Gasteiger partial charge in [0.25, 0.3) is 0 Å². The monoisotopic (exact) mass is 441 g/mol. The van der Waals surface area contributed by atoms with Crippen molar-refractivity contribution in [3.05, 3.63) is 30.0 Å². The highest BCUT2D eigenvalue weighted by Crippen LogP contribution is 2.34. The zero-order valence-corrected chi connectivity index (χ0v) is 19.5. The molecule has 1 atom stereocenters. The zero-order chi connectivity index (χ0) is 22.0. The van der Waals surface area contributed by atoms with Crippen LogP contribution in [0.4, 0.5) is 5.13 Å². The van der Waals surface area contributed by atoms with Crippen LogP contribution >= 0.6 is 11.3 Å². The highest BCUT2D eigenvalue weighted by molar-refractivity contribution is 7.22. The average Bonchev–Trinajstić information content (AvgIpc) is 3.34. The fourth-order valence-electron chi connectivity index (χ4n) is 3.96. The second-order valence-electron chi connectivity index (χ2n) is 8.60. The van der Waals surface area contributed by atoms with Crippen LogP contribution in [0.25, 0.3) is 16.0 Å². The van der Waals surface area contributed by atoms with Crippen LogP contribution in [0.15, 0.2) is 24.3 Å². The van der Waals surface area contributed by atoms with Crippen molar-refractivity contribution in [2.24, 2.45) is 11.8 Å². The number of carbonyl (C=O) groups is 1. The smallest absolute Gasteiger partial charge is 0.224 e. The molecule has 166 valence electrons. The van der Waals surface area contributed by atoms with Crippen molar-refractivity contribution in [2.45, 2.75) is 40.0 Å². The van der Waals surface area contributed by atoms with Gasteiger partial charge in [-0.3, -0.25) is 4.79 Å². The number of amides is 1. The Morgan fingerprint density at radius 1 is 1.32 bits per heavy atom. The number of hydrogen-bond donors (Lipinski definition) is 1. The van der Waals surface area contributed by atoms with Gasteiger partial charge in [0.1, 0.15) is 5.75 Å². The summed E-state index contributed by atoms with van der Waals surface area (Å²) in [4.78, 5) is 19.8. The van der Waals surface area contributed by atoms with E-state index in [1.165, 1.54) is 0 Å². The minimum absolute atomic E-state index is 0.0205. The molecule has 0 radical (unpaired) electrons. The molecule has 3 heterocycles. The van der Waals surface area contributed by atoms with Gasteiger partial charge in [-0.2, -0.15) is 10.1 Å². The maximum Gasteiger partial charge on any atom is 0.224 e. The first-order chi connectivity index (χ1) is 15.0. The van der Waals surface area contributed by atoms with Gasteiger partial charge in [0.2, 0.25) is 5.91 Å². The first-order valence-corrected chi connectivity index (χ1v) is 11.8. The molecule has 1 N–H and O–H groups in total. The SMILES string of the molecule is COc1ccc(-n2nc(C)c3sc(N4CCC[C@H](C(=O)NCCC(C)C)C4)nc32)cc1. The molecule has 7 nitrogen and oxygen atoms in total. The predicted octanol–water partition coefficient (Wildman–Crippen LogP) is 4.18. The molecule has 1 fully saturated rings. The Hall–Kier alpha value is -2.61.